The molecule has 1 unspecified atom stereocenters. The molecule has 0 bridgehead atoms. The van der Waals surface area contributed by atoms with Gasteiger partial charge in [0.2, 0.25) is 0 Å². The van der Waals surface area contributed by atoms with Crippen molar-refractivity contribution in [3.8, 4) is 11.4 Å². The largest absolute Gasteiger partial charge is 0.420 e. The number of anilines is 1. The van der Waals surface area contributed by atoms with Crippen LogP contribution >= 0.6 is 0 Å². The third-order valence-electron chi connectivity index (χ3n) is 6.10. The van der Waals surface area contributed by atoms with Crippen LogP contribution in [0.2, 0.25) is 0 Å². The van der Waals surface area contributed by atoms with Gasteiger partial charge in [-0.15, -0.1) is 0 Å². The van der Waals surface area contributed by atoms with E-state index in [9.17, 15) is 39.9 Å². The zero-order chi connectivity index (χ0) is 27.8. The Morgan fingerprint density at radius 1 is 1.00 bits per heavy atom. The minimum atomic E-state index is -5.29. The predicted molar refractivity (Wildman–Crippen MR) is 121 cm³/mol. The second-order valence-corrected chi connectivity index (χ2v) is 8.76. The number of hydrogen-bond donors (Lipinski definition) is 0. The van der Waals surface area contributed by atoms with E-state index < -0.39 is 52.6 Å². The topological polar surface area (TPSA) is 42.6 Å². The summed E-state index contributed by atoms with van der Waals surface area (Å²) in [6.45, 7) is 0.936. The average molecular weight is 550 g/mol. The molecule has 0 aliphatic carbocycles. The molecule has 38 heavy (non-hydrogen) atoms. The first-order valence-corrected chi connectivity index (χ1v) is 11.4. The average Bonchev–Trinajstić information content (AvgIpc) is 3.41. The molecule has 0 N–H and O–H groups in total. The summed E-state index contributed by atoms with van der Waals surface area (Å²) in [7, 11) is 1.18. The molecule has 1 saturated heterocycles. The van der Waals surface area contributed by atoms with Crippen molar-refractivity contribution in [2.45, 2.75) is 31.5 Å². The van der Waals surface area contributed by atoms with Crippen molar-refractivity contribution in [3.63, 3.8) is 0 Å². The molecule has 14 heteroatoms. The summed E-state index contributed by atoms with van der Waals surface area (Å²) in [5.74, 6) is -1.69. The molecule has 0 saturated carbocycles. The molecule has 1 aliphatic heterocycles. The van der Waals surface area contributed by atoms with Gasteiger partial charge in [0.15, 0.2) is 5.75 Å². The van der Waals surface area contributed by atoms with Gasteiger partial charge in [-0.2, -0.15) is 26.3 Å². The second-order valence-electron chi connectivity index (χ2n) is 8.76. The van der Waals surface area contributed by atoms with E-state index in [1.54, 1.807) is 4.90 Å². The second kappa shape index (κ2) is 10.3. The number of likely N-dealkylation sites (tertiary alicyclic amines) is 1. The zero-order valence-corrected chi connectivity index (χ0v) is 19.9. The SMILES string of the molecule is CN(Oc1c(-n2ccn(CCN3CCC(F)C3)c2=O)cc(C(F)(F)F)cc1C(F)(F)F)c1ccc(F)cc1. The smallest absolute Gasteiger partial charge is 0.377 e. The number of nitrogens with zero attached hydrogens (tertiary/aromatic N) is 4. The lowest BCUT2D eigenvalue weighted by molar-refractivity contribution is -0.143. The van der Waals surface area contributed by atoms with Crippen molar-refractivity contribution >= 4 is 5.69 Å². The normalized spacial score (nSPS) is 16.7. The molecule has 1 atom stereocenters. The maximum atomic E-state index is 14.0. The molecule has 1 fully saturated rings. The molecule has 0 amide bonds. The van der Waals surface area contributed by atoms with Crippen LogP contribution in [0.5, 0.6) is 5.75 Å². The predicted octanol–water partition coefficient (Wildman–Crippen LogP) is 5.29. The number of imidazole rings is 1. The molecule has 1 aliphatic rings. The lowest BCUT2D eigenvalue weighted by Crippen LogP contribution is -2.31. The van der Waals surface area contributed by atoms with Gasteiger partial charge in [-0.3, -0.25) is 14.0 Å². The molecule has 3 aromatic rings. The monoisotopic (exact) mass is 550 g/mol. The third-order valence-corrected chi connectivity index (χ3v) is 6.10. The van der Waals surface area contributed by atoms with Crippen LogP contribution in [0.3, 0.4) is 0 Å². The quantitative estimate of drug-likeness (QED) is 0.296. The molecular weight excluding hydrogens is 528 g/mol. The van der Waals surface area contributed by atoms with E-state index >= 15 is 0 Å². The summed E-state index contributed by atoms with van der Waals surface area (Å²) in [4.78, 5) is 20.2. The lowest BCUT2D eigenvalue weighted by atomic mass is 10.1. The van der Waals surface area contributed by atoms with Gasteiger partial charge in [0.25, 0.3) is 0 Å². The summed E-state index contributed by atoms with van der Waals surface area (Å²) in [5.41, 5.74) is -5.02. The maximum absolute atomic E-state index is 14.0. The lowest BCUT2D eigenvalue weighted by Gasteiger charge is -2.25. The minimum Gasteiger partial charge on any atom is -0.377 e. The summed E-state index contributed by atoms with van der Waals surface area (Å²) in [5, 5.41) is 0.809. The van der Waals surface area contributed by atoms with Crippen LogP contribution in [0, 0.1) is 5.82 Å². The summed E-state index contributed by atoms with van der Waals surface area (Å²) < 4.78 is 111. The van der Waals surface area contributed by atoms with Crippen molar-refractivity contribution in [3.05, 3.63) is 76.2 Å². The van der Waals surface area contributed by atoms with Crippen LogP contribution in [-0.2, 0) is 18.9 Å². The number of halogens is 8. The fourth-order valence-corrected chi connectivity index (χ4v) is 4.11. The molecule has 206 valence electrons. The van der Waals surface area contributed by atoms with Crippen molar-refractivity contribution in [2.24, 2.45) is 0 Å². The highest BCUT2D eigenvalue weighted by molar-refractivity contribution is 5.57. The zero-order valence-electron chi connectivity index (χ0n) is 19.9. The Kier molecular flexibility index (Phi) is 7.46. The number of aromatic nitrogens is 2. The van der Waals surface area contributed by atoms with Crippen LogP contribution in [0.1, 0.15) is 17.5 Å². The number of benzene rings is 2. The molecular formula is C24H22F8N4O2. The molecule has 2 aromatic carbocycles. The Labute approximate surface area is 211 Å². The van der Waals surface area contributed by atoms with Gasteiger partial charge in [-0.1, -0.05) is 0 Å². The van der Waals surface area contributed by atoms with Crippen LogP contribution in [0.15, 0.2) is 53.6 Å². The van der Waals surface area contributed by atoms with Crippen LogP contribution in [0.25, 0.3) is 5.69 Å². The minimum absolute atomic E-state index is 0.0370. The number of hydroxylamine groups is 1. The van der Waals surface area contributed by atoms with Crippen molar-refractivity contribution in [2.75, 3.05) is 31.7 Å². The Morgan fingerprint density at radius 3 is 2.26 bits per heavy atom. The first-order chi connectivity index (χ1) is 17.7. The van der Waals surface area contributed by atoms with E-state index in [0.717, 1.165) is 28.0 Å². The molecule has 0 radical (unpaired) electrons. The third kappa shape index (κ3) is 5.95. The summed E-state index contributed by atoms with van der Waals surface area (Å²) >= 11 is 0. The van der Waals surface area contributed by atoms with E-state index in [2.05, 4.69) is 0 Å². The Morgan fingerprint density at radius 2 is 1.68 bits per heavy atom. The van der Waals surface area contributed by atoms with Gasteiger partial charge in [0.05, 0.1) is 16.9 Å². The van der Waals surface area contributed by atoms with Gasteiger partial charge >= 0.3 is 18.0 Å². The Balaban J connectivity index is 1.79. The van der Waals surface area contributed by atoms with Gasteiger partial charge in [0.1, 0.15) is 17.6 Å². The number of alkyl halides is 7. The Hall–Kier alpha value is -3.55. The molecule has 0 spiro atoms. The van der Waals surface area contributed by atoms with Crippen LogP contribution < -0.4 is 15.6 Å². The first-order valence-electron chi connectivity index (χ1n) is 11.4. The van der Waals surface area contributed by atoms with E-state index in [-0.39, 0.29) is 31.4 Å². The van der Waals surface area contributed by atoms with E-state index in [0.29, 0.717) is 23.6 Å². The van der Waals surface area contributed by atoms with Crippen LogP contribution in [-0.4, -0.2) is 46.9 Å². The molecule has 4 rings (SSSR count). The van der Waals surface area contributed by atoms with Crippen molar-refractivity contribution < 1.29 is 40.0 Å². The summed E-state index contributed by atoms with van der Waals surface area (Å²) in [6.07, 6.45) is -8.87. The van der Waals surface area contributed by atoms with Crippen molar-refractivity contribution in [1.29, 1.82) is 0 Å². The number of hydrogen-bond acceptors (Lipinski definition) is 4. The highest BCUT2D eigenvalue weighted by Gasteiger charge is 2.41. The van der Waals surface area contributed by atoms with Crippen molar-refractivity contribution in [1.82, 2.24) is 14.0 Å². The van der Waals surface area contributed by atoms with E-state index in [4.69, 9.17) is 4.84 Å². The van der Waals surface area contributed by atoms with Gasteiger partial charge < -0.3 is 4.84 Å². The first kappa shape index (κ1) is 27.5. The van der Waals surface area contributed by atoms with E-state index in [1.807, 2.05) is 0 Å². The fraction of sp³-hybridized carbons (Fsp3) is 0.375. The van der Waals surface area contributed by atoms with Crippen LogP contribution in [0.4, 0.5) is 40.8 Å². The van der Waals surface area contributed by atoms with Gasteiger partial charge in [0, 0.05) is 45.6 Å². The maximum Gasteiger partial charge on any atom is 0.420 e. The molecule has 1 aromatic heterocycles. The fourth-order valence-electron chi connectivity index (χ4n) is 4.11. The standard InChI is InChI=1S/C24H22F8N4O2/c1-33(18-4-2-16(25)3-5-18)38-21-19(24(30,31)32)12-15(23(27,28)29)13-20(21)36-11-10-35(22(36)37)9-8-34-7-6-17(26)14-34/h2-5,10-13,17H,6-9,14H2,1H3. The van der Waals surface area contributed by atoms with Gasteiger partial charge in [-0.25, -0.2) is 18.6 Å². The highest BCUT2D eigenvalue weighted by Crippen LogP contribution is 2.44. The highest BCUT2D eigenvalue weighted by atomic mass is 19.4. The molecule has 6 nitrogen and oxygen atoms in total. The summed E-state index contributed by atoms with van der Waals surface area (Å²) in [6, 6.07) is 4.71. The number of rotatable bonds is 7. The van der Waals surface area contributed by atoms with E-state index in [1.165, 1.54) is 25.4 Å². The van der Waals surface area contributed by atoms with Gasteiger partial charge in [-0.05, 0) is 42.8 Å². The Bertz CT molecular complexity index is 1330. The molecule has 2 heterocycles.